The molecule has 0 aliphatic heterocycles. The molecule has 0 aliphatic rings. The number of hydrogen-bond donors (Lipinski definition) is 0. The van der Waals surface area contributed by atoms with Crippen LogP contribution in [0, 0.1) is 6.92 Å². The van der Waals surface area contributed by atoms with Crippen LogP contribution in [0.1, 0.15) is 21.5 Å². The molecule has 0 atom stereocenters. The first kappa shape index (κ1) is 15.6. The second-order valence-corrected chi connectivity index (χ2v) is 5.61. The minimum atomic E-state index is 0.0813. The normalized spacial score (nSPS) is 10.3. The van der Waals surface area contributed by atoms with Crippen LogP contribution in [0.25, 0.3) is 0 Å². The number of carbonyl (C=O) groups excluding carboxylic acids is 1. The molecule has 0 radical (unpaired) electrons. The fourth-order valence-corrected chi connectivity index (χ4v) is 2.75. The minimum Gasteiger partial charge on any atom is -0.496 e. The SMILES string of the molecule is COc1ccc(C(=O)Cc2ccc(OC)c(Br)c2)cc1C. The van der Waals surface area contributed by atoms with Crippen molar-refractivity contribution in [2.45, 2.75) is 13.3 Å². The molecule has 0 N–H and O–H groups in total. The lowest BCUT2D eigenvalue weighted by molar-refractivity contribution is 0.0993. The van der Waals surface area contributed by atoms with E-state index in [1.807, 2.05) is 37.3 Å². The Bertz CT molecular complexity index is 665. The summed E-state index contributed by atoms with van der Waals surface area (Å²) in [6.07, 6.45) is 0.356. The summed E-state index contributed by atoms with van der Waals surface area (Å²) in [5, 5.41) is 0. The highest BCUT2D eigenvalue weighted by Crippen LogP contribution is 2.26. The quantitative estimate of drug-likeness (QED) is 0.759. The summed E-state index contributed by atoms with van der Waals surface area (Å²) < 4.78 is 11.2. The number of methoxy groups -OCH3 is 2. The molecule has 0 spiro atoms. The second kappa shape index (κ2) is 6.76. The first-order valence-electron chi connectivity index (χ1n) is 6.55. The van der Waals surface area contributed by atoms with Gasteiger partial charge in [0.2, 0.25) is 0 Å². The van der Waals surface area contributed by atoms with Crippen LogP contribution >= 0.6 is 15.9 Å². The van der Waals surface area contributed by atoms with Crippen LogP contribution in [0.5, 0.6) is 11.5 Å². The lowest BCUT2D eigenvalue weighted by Crippen LogP contribution is -2.04. The lowest BCUT2D eigenvalue weighted by atomic mass is 10.0. The third-order valence-corrected chi connectivity index (χ3v) is 3.92. The van der Waals surface area contributed by atoms with Crippen molar-refractivity contribution in [2.75, 3.05) is 14.2 Å². The van der Waals surface area contributed by atoms with Crippen LogP contribution in [0.15, 0.2) is 40.9 Å². The number of hydrogen-bond acceptors (Lipinski definition) is 3. The molecule has 0 aromatic heterocycles. The van der Waals surface area contributed by atoms with Gasteiger partial charge >= 0.3 is 0 Å². The number of Topliss-reactive ketones (excluding diaryl/α,β-unsaturated/α-hetero) is 1. The number of benzene rings is 2. The number of ketones is 1. The predicted octanol–water partition coefficient (Wildman–Crippen LogP) is 4.20. The molecule has 2 aromatic rings. The molecular formula is C17H17BrO3. The fraction of sp³-hybridized carbons (Fsp3) is 0.235. The smallest absolute Gasteiger partial charge is 0.167 e. The lowest BCUT2D eigenvalue weighted by Gasteiger charge is -2.08. The van der Waals surface area contributed by atoms with E-state index in [9.17, 15) is 4.79 Å². The van der Waals surface area contributed by atoms with Crippen molar-refractivity contribution < 1.29 is 14.3 Å². The van der Waals surface area contributed by atoms with Crippen molar-refractivity contribution in [1.29, 1.82) is 0 Å². The van der Waals surface area contributed by atoms with Gasteiger partial charge in [-0.3, -0.25) is 4.79 Å². The van der Waals surface area contributed by atoms with Gasteiger partial charge in [0, 0.05) is 12.0 Å². The van der Waals surface area contributed by atoms with Gasteiger partial charge in [-0.1, -0.05) is 6.07 Å². The number of carbonyl (C=O) groups is 1. The molecule has 0 aliphatic carbocycles. The largest absolute Gasteiger partial charge is 0.496 e. The zero-order valence-corrected chi connectivity index (χ0v) is 13.9. The highest BCUT2D eigenvalue weighted by Gasteiger charge is 2.10. The topological polar surface area (TPSA) is 35.5 Å². The van der Waals surface area contributed by atoms with E-state index in [1.54, 1.807) is 20.3 Å². The Morgan fingerprint density at radius 1 is 1.05 bits per heavy atom. The molecule has 4 heteroatoms. The van der Waals surface area contributed by atoms with Crippen LogP contribution < -0.4 is 9.47 Å². The standard InChI is InChI=1S/C17H17BrO3/c1-11-8-13(5-7-16(11)20-2)15(19)10-12-4-6-17(21-3)14(18)9-12/h4-9H,10H2,1-3H3. The van der Waals surface area contributed by atoms with Crippen molar-refractivity contribution >= 4 is 21.7 Å². The molecule has 0 fully saturated rings. The summed E-state index contributed by atoms with van der Waals surface area (Å²) in [6.45, 7) is 1.93. The maximum atomic E-state index is 12.3. The van der Waals surface area contributed by atoms with E-state index in [0.717, 1.165) is 27.1 Å². The third kappa shape index (κ3) is 3.64. The average molecular weight is 349 g/mol. The van der Waals surface area contributed by atoms with Crippen LogP contribution in [0.2, 0.25) is 0 Å². The first-order chi connectivity index (χ1) is 10.0. The number of aryl methyl sites for hydroxylation is 1. The third-order valence-electron chi connectivity index (χ3n) is 3.30. The van der Waals surface area contributed by atoms with E-state index in [-0.39, 0.29) is 5.78 Å². The van der Waals surface area contributed by atoms with Gasteiger partial charge in [0.05, 0.1) is 18.7 Å². The molecule has 0 saturated heterocycles. The van der Waals surface area contributed by atoms with E-state index < -0.39 is 0 Å². The van der Waals surface area contributed by atoms with Crippen molar-refractivity contribution in [3.05, 3.63) is 57.6 Å². The Morgan fingerprint density at radius 3 is 2.29 bits per heavy atom. The average Bonchev–Trinajstić information content (AvgIpc) is 2.47. The van der Waals surface area contributed by atoms with Gasteiger partial charge in [-0.25, -0.2) is 0 Å². The summed E-state index contributed by atoms with van der Waals surface area (Å²) in [4.78, 5) is 12.3. The van der Waals surface area contributed by atoms with Gasteiger partial charge in [0.25, 0.3) is 0 Å². The highest BCUT2D eigenvalue weighted by molar-refractivity contribution is 9.10. The Morgan fingerprint density at radius 2 is 1.71 bits per heavy atom. The van der Waals surface area contributed by atoms with Gasteiger partial charge in [-0.15, -0.1) is 0 Å². The van der Waals surface area contributed by atoms with Crippen LogP contribution in [-0.4, -0.2) is 20.0 Å². The number of ether oxygens (including phenoxy) is 2. The van der Waals surface area contributed by atoms with Crippen molar-refractivity contribution in [2.24, 2.45) is 0 Å². The molecule has 0 unspecified atom stereocenters. The summed E-state index contributed by atoms with van der Waals surface area (Å²) in [7, 11) is 3.24. The second-order valence-electron chi connectivity index (χ2n) is 4.75. The van der Waals surface area contributed by atoms with E-state index in [2.05, 4.69) is 15.9 Å². The zero-order chi connectivity index (χ0) is 15.4. The van der Waals surface area contributed by atoms with E-state index >= 15 is 0 Å². The summed E-state index contributed by atoms with van der Waals surface area (Å²) in [5.74, 6) is 1.63. The highest BCUT2D eigenvalue weighted by atomic mass is 79.9. The fourth-order valence-electron chi connectivity index (χ4n) is 2.16. The molecule has 0 heterocycles. The molecule has 110 valence electrons. The molecular weight excluding hydrogens is 332 g/mol. The Balaban J connectivity index is 2.18. The molecule has 21 heavy (non-hydrogen) atoms. The van der Waals surface area contributed by atoms with E-state index in [4.69, 9.17) is 9.47 Å². The first-order valence-corrected chi connectivity index (χ1v) is 7.34. The van der Waals surface area contributed by atoms with Crippen molar-refractivity contribution in [3.63, 3.8) is 0 Å². The molecule has 2 rings (SSSR count). The molecule has 2 aromatic carbocycles. The van der Waals surface area contributed by atoms with Gasteiger partial charge in [-0.2, -0.15) is 0 Å². The molecule has 0 saturated carbocycles. The zero-order valence-electron chi connectivity index (χ0n) is 12.3. The Hall–Kier alpha value is -1.81. The molecule has 0 bridgehead atoms. The maximum Gasteiger partial charge on any atom is 0.167 e. The van der Waals surface area contributed by atoms with Gasteiger partial charge < -0.3 is 9.47 Å². The maximum absolute atomic E-state index is 12.3. The summed E-state index contributed by atoms with van der Waals surface area (Å²) in [5.41, 5.74) is 2.60. The molecule has 3 nitrogen and oxygen atoms in total. The summed E-state index contributed by atoms with van der Waals surface area (Å²) in [6, 6.07) is 11.1. The van der Waals surface area contributed by atoms with Crippen LogP contribution in [0.3, 0.4) is 0 Å². The van der Waals surface area contributed by atoms with E-state index in [0.29, 0.717) is 12.0 Å². The summed E-state index contributed by atoms with van der Waals surface area (Å²) >= 11 is 3.43. The van der Waals surface area contributed by atoms with Crippen molar-refractivity contribution in [1.82, 2.24) is 0 Å². The number of halogens is 1. The Labute approximate surface area is 133 Å². The van der Waals surface area contributed by atoms with Crippen LogP contribution in [0.4, 0.5) is 0 Å². The van der Waals surface area contributed by atoms with Crippen LogP contribution in [-0.2, 0) is 6.42 Å². The number of rotatable bonds is 5. The van der Waals surface area contributed by atoms with Crippen molar-refractivity contribution in [3.8, 4) is 11.5 Å². The monoisotopic (exact) mass is 348 g/mol. The van der Waals surface area contributed by atoms with Gasteiger partial charge in [-0.05, 0) is 64.3 Å². The molecule has 0 amide bonds. The predicted molar refractivity (Wildman–Crippen MR) is 86.5 cm³/mol. The van der Waals surface area contributed by atoms with Gasteiger partial charge in [0.15, 0.2) is 5.78 Å². The van der Waals surface area contributed by atoms with E-state index in [1.165, 1.54) is 0 Å². The minimum absolute atomic E-state index is 0.0813. The Kier molecular flexibility index (Phi) is 5.02. The van der Waals surface area contributed by atoms with Gasteiger partial charge in [0.1, 0.15) is 11.5 Å².